The summed E-state index contributed by atoms with van der Waals surface area (Å²) >= 11 is 0. The van der Waals surface area contributed by atoms with Crippen LogP contribution in [-0.4, -0.2) is 33.5 Å². The van der Waals surface area contributed by atoms with E-state index in [2.05, 4.69) is 0 Å². The topological polar surface area (TPSA) is 80.3 Å². The molecule has 9 aromatic carbocycles. The first kappa shape index (κ1) is 54.9. The summed E-state index contributed by atoms with van der Waals surface area (Å²) in [5, 5.41) is 3.46. The number of carbonyl (C=O) groups excluding carboxylic acids is 2. The average Bonchev–Trinajstić information content (AvgIpc) is 2.93. The summed E-state index contributed by atoms with van der Waals surface area (Å²) in [4.78, 5) is 25.8. The zero-order valence-corrected chi connectivity index (χ0v) is 44.0. The van der Waals surface area contributed by atoms with Gasteiger partial charge in [0.05, 0.1) is 0 Å². The molecule has 0 amide bonds. The minimum absolute atomic E-state index is 0.0301. The van der Waals surface area contributed by atoms with Crippen LogP contribution in [0.3, 0.4) is 0 Å². The molecule has 0 aromatic heterocycles. The standard InChI is InChI=1S/C62H51BF6O7P2/c1-72-59(70)48-37-33-46(34-38-48)44-77(53-21-9-3-10-22-53,54-23-11-4-12-24-54,55-25-13-5-14-26-55)75-63(74-52-42-50(61(64,65)66)41-51(43-52)62(67,68)69)76-78(56-27-15-6-16-28-56,57-29-17-7-18-30-57,58-31-19-8-20-32-58)45-47-35-39-49(40-36-47)60(71)73-2/h3-43H,44-45H2,1-2H3. The fourth-order valence-electron chi connectivity index (χ4n) is 10.3. The first-order valence-corrected chi connectivity index (χ1v) is 29.2. The van der Waals surface area contributed by atoms with Crippen molar-refractivity contribution in [3.63, 3.8) is 0 Å². The Morgan fingerprint density at radius 1 is 0.385 bits per heavy atom. The summed E-state index contributed by atoms with van der Waals surface area (Å²) < 4.78 is 124. The Kier molecular flexibility index (Phi) is 15.7. The van der Waals surface area contributed by atoms with Crippen molar-refractivity contribution in [1.29, 1.82) is 0 Å². The molecule has 0 aliphatic heterocycles. The number of carbonyl (C=O) groups is 2. The predicted molar refractivity (Wildman–Crippen MR) is 298 cm³/mol. The van der Waals surface area contributed by atoms with Gasteiger partial charge in [-0.25, -0.2) is 0 Å². The molecule has 9 aromatic rings. The van der Waals surface area contributed by atoms with Gasteiger partial charge in [-0.2, -0.15) is 0 Å². The van der Waals surface area contributed by atoms with Crippen LogP contribution in [0.4, 0.5) is 26.3 Å². The monoisotopic (exact) mass is 1090 g/mol. The van der Waals surface area contributed by atoms with E-state index in [1.54, 1.807) is 48.5 Å². The molecule has 396 valence electrons. The second-order valence-electron chi connectivity index (χ2n) is 18.5. The Hall–Kier alpha value is -7.86. The zero-order chi connectivity index (χ0) is 55.1. The fraction of sp³-hybridized carbons (Fsp3) is 0.0968. The van der Waals surface area contributed by atoms with Crippen molar-refractivity contribution in [3.8, 4) is 5.75 Å². The van der Waals surface area contributed by atoms with Gasteiger partial charge in [0.2, 0.25) is 0 Å². The molecule has 0 heterocycles. The number of methoxy groups -OCH3 is 2. The molecule has 78 heavy (non-hydrogen) atoms. The molecule has 0 saturated carbocycles. The second kappa shape index (κ2) is 22.2. The molecule has 16 heteroatoms. The van der Waals surface area contributed by atoms with Crippen molar-refractivity contribution >= 4 is 64.7 Å². The van der Waals surface area contributed by atoms with Gasteiger partial charge in [0.15, 0.2) is 0 Å². The number of rotatable bonds is 18. The Labute approximate surface area is 448 Å². The zero-order valence-electron chi connectivity index (χ0n) is 42.2. The van der Waals surface area contributed by atoms with Crippen molar-refractivity contribution in [2.24, 2.45) is 0 Å². The molecule has 0 spiro atoms. The summed E-state index contributed by atoms with van der Waals surface area (Å²) in [5.74, 6) is -2.03. The predicted octanol–water partition coefficient (Wildman–Crippen LogP) is 13.0. The molecule has 0 aliphatic rings. The van der Waals surface area contributed by atoms with Crippen LogP contribution in [0.1, 0.15) is 43.0 Å². The van der Waals surface area contributed by atoms with E-state index < -0.39 is 62.1 Å². The van der Waals surface area contributed by atoms with E-state index >= 15 is 26.3 Å². The van der Waals surface area contributed by atoms with E-state index in [9.17, 15) is 9.59 Å². The number of esters is 2. The first-order chi connectivity index (χ1) is 37.5. The van der Waals surface area contributed by atoms with E-state index in [1.807, 2.05) is 182 Å². The maximum absolute atomic E-state index is 15.0. The Morgan fingerprint density at radius 2 is 0.641 bits per heavy atom. The molecule has 0 radical (unpaired) electrons. The third kappa shape index (κ3) is 10.4. The van der Waals surface area contributed by atoms with Gasteiger partial charge in [0.25, 0.3) is 0 Å². The van der Waals surface area contributed by atoms with Crippen LogP contribution >= 0.6 is 13.7 Å². The van der Waals surface area contributed by atoms with E-state index in [1.165, 1.54) is 14.2 Å². The fourth-order valence-corrected chi connectivity index (χ4v) is 21.7. The molecule has 0 saturated heterocycles. The molecule has 0 bridgehead atoms. The SMILES string of the molecule is COC(=O)c1ccc(CP(OB(Oc2cc(C(F)(F)F)cc(C(F)(F)F)c2)OP(Cc2ccc(C(=O)OC)cc2)(c2ccccc2)(c2ccccc2)c2ccccc2)(c2ccccc2)(c2ccccc2)c2ccccc2)cc1. The normalized spacial score (nSPS) is 13.0. The van der Waals surface area contributed by atoms with Crippen LogP contribution in [0.2, 0.25) is 0 Å². The van der Waals surface area contributed by atoms with Crippen molar-refractivity contribution in [1.82, 2.24) is 0 Å². The number of halogens is 6. The second-order valence-corrected chi connectivity index (χ2v) is 27.5. The van der Waals surface area contributed by atoms with Crippen LogP contribution in [0, 0.1) is 0 Å². The Bertz CT molecular complexity index is 3060. The minimum atomic E-state index is -5.27. The summed E-state index contributed by atoms with van der Waals surface area (Å²) in [6.07, 6.45) is -10.6. The number of benzene rings is 9. The molecule has 7 nitrogen and oxygen atoms in total. The quantitative estimate of drug-likeness (QED) is 0.0366. The van der Waals surface area contributed by atoms with Gasteiger partial charge < -0.3 is 0 Å². The van der Waals surface area contributed by atoms with Crippen LogP contribution in [0.15, 0.2) is 249 Å². The van der Waals surface area contributed by atoms with Gasteiger partial charge in [-0.05, 0) is 0 Å². The van der Waals surface area contributed by atoms with E-state index in [-0.39, 0.29) is 29.5 Å². The summed E-state index contributed by atoms with van der Waals surface area (Å²) in [7, 11) is 0.314. The van der Waals surface area contributed by atoms with E-state index in [4.69, 9.17) is 23.0 Å². The molecule has 9 rings (SSSR count). The van der Waals surface area contributed by atoms with Crippen LogP contribution in [0.25, 0.3) is 0 Å². The third-order valence-electron chi connectivity index (χ3n) is 14.0. The summed E-state index contributed by atoms with van der Waals surface area (Å²) in [6, 6.07) is 69.7. The van der Waals surface area contributed by atoms with Gasteiger partial charge in [-0.3, -0.25) is 0 Å². The van der Waals surface area contributed by atoms with Crippen LogP contribution in [0.5, 0.6) is 5.75 Å². The van der Waals surface area contributed by atoms with Crippen molar-refractivity contribution in [2.75, 3.05) is 14.2 Å². The van der Waals surface area contributed by atoms with Crippen LogP contribution in [-0.2, 0) is 43.0 Å². The summed E-state index contributed by atoms with van der Waals surface area (Å²) in [6.45, 7) is -10.1. The van der Waals surface area contributed by atoms with Gasteiger partial charge >= 0.3 is 450 Å². The number of ether oxygens (including phenoxy) is 2. The number of hydrogen-bond acceptors (Lipinski definition) is 7. The van der Waals surface area contributed by atoms with Gasteiger partial charge in [0.1, 0.15) is 0 Å². The third-order valence-corrected chi connectivity index (χ3v) is 25.5. The van der Waals surface area contributed by atoms with Crippen molar-refractivity contribution < 1.29 is 58.9 Å². The molecule has 0 atom stereocenters. The van der Waals surface area contributed by atoms with Gasteiger partial charge in [-0.1, -0.05) is 0 Å². The van der Waals surface area contributed by atoms with Crippen molar-refractivity contribution in [2.45, 2.75) is 24.7 Å². The van der Waals surface area contributed by atoms with Crippen LogP contribution < -0.4 is 36.5 Å². The average molecular weight is 1090 g/mol. The molecular formula is C62H51BF6O7P2. The van der Waals surface area contributed by atoms with E-state index in [0.717, 1.165) is 0 Å². The Morgan fingerprint density at radius 3 is 0.872 bits per heavy atom. The Balaban J connectivity index is 1.46. The van der Waals surface area contributed by atoms with Gasteiger partial charge in [-0.15, -0.1) is 0 Å². The first-order valence-electron chi connectivity index (χ1n) is 24.6. The molecular weight excluding hydrogens is 1040 g/mol. The maximum atomic E-state index is 15.0. The summed E-state index contributed by atoms with van der Waals surface area (Å²) in [5.41, 5.74) is -1.51. The molecule has 0 N–H and O–H groups in total. The molecule has 0 aliphatic carbocycles. The number of alkyl halides is 6. The van der Waals surface area contributed by atoms with E-state index in [0.29, 0.717) is 55.1 Å². The molecule has 0 fully saturated rings. The molecule has 0 unspecified atom stereocenters. The van der Waals surface area contributed by atoms with Gasteiger partial charge in [0, 0.05) is 0 Å². The van der Waals surface area contributed by atoms with Crippen molar-refractivity contribution in [3.05, 3.63) is 282 Å². The number of hydrogen-bond donors (Lipinski definition) is 0.